The zero-order valence-electron chi connectivity index (χ0n) is 13.8. The lowest BCUT2D eigenvalue weighted by atomic mass is 10.2. The van der Waals surface area contributed by atoms with Gasteiger partial charge in [0.1, 0.15) is 10.7 Å². The number of nitrogens with zero attached hydrogens (tertiary/aromatic N) is 2. The number of amides is 1. The molecule has 0 unspecified atom stereocenters. The van der Waals surface area contributed by atoms with Crippen molar-refractivity contribution >= 4 is 39.0 Å². The van der Waals surface area contributed by atoms with Crippen molar-refractivity contribution in [1.29, 1.82) is 0 Å². The van der Waals surface area contributed by atoms with Gasteiger partial charge in [0, 0.05) is 18.1 Å². The van der Waals surface area contributed by atoms with E-state index in [1.807, 2.05) is 60.7 Å². The Hall–Kier alpha value is -3.25. The van der Waals surface area contributed by atoms with E-state index in [-0.39, 0.29) is 5.91 Å². The van der Waals surface area contributed by atoms with Crippen molar-refractivity contribution in [2.75, 3.05) is 5.32 Å². The first kappa shape index (κ1) is 16.2. The molecule has 6 heteroatoms. The van der Waals surface area contributed by atoms with Crippen LogP contribution in [0.2, 0.25) is 0 Å². The summed E-state index contributed by atoms with van der Waals surface area (Å²) in [5.74, 6) is 0.596. The van der Waals surface area contributed by atoms with Crippen LogP contribution in [-0.4, -0.2) is 15.9 Å². The maximum atomic E-state index is 12.3. The summed E-state index contributed by atoms with van der Waals surface area (Å²) in [4.78, 5) is 21.6. The summed E-state index contributed by atoms with van der Waals surface area (Å²) in [6.45, 7) is 0.491. The molecule has 4 aromatic rings. The maximum Gasteiger partial charge on any atom is 0.263 e. The van der Waals surface area contributed by atoms with E-state index in [0.717, 1.165) is 22.2 Å². The zero-order valence-corrected chi connectivity index (χ0v) is 14.7. The number of aromatic nitrogens is 2. The van der Waals surface area contributed by atoms with Crippen LogP contribution in [0.1, 0.15) is 15.2 Å². The van der Waals surface area contributed by atoms with Gasteiger partial charge >= 0.3 is 0 Å². The summed E-state index contributed by atoms with van der Waals surface area (Å²) in [5.41, 5.74) is 1.06. The highest BCUT2D eigenvalue weighted by atomic mass is 32.1. The van der Waals surface area contributed by atoms with Gasteiger partial charge in [0.15, 0.2) is 5.13 Å². The molecule has 2 aromatic heterocycles. The van der Waals surface area contributed by atoms with Crippen LogP contribution in [0.25, 0.3) is 10.8 Å². The highest BCUT2D eigenvalue weighted by Gasteiger charge is 2.11. The SMILES string of the molecule is O=C(NCc1ccccc1)c1cnc(Nc2nccc3ccccc23)s1. The summed E-state index contributed by atoms with van der Waals surface area (Å²) < 4.78 is 0. The van der Waals surface area contributed by atoms with Gasteiger partial charge in [-0.05, 0) is 17.0 Å². The second-order valence-corrected chi connectivity index (χ2v) is 6.73. The van der Waals surface area contributed by atoms with Crippen LogP contribution in [-0.2, 0) is 6.54 Å². The van der Waals surface area contributed by atoms with E-state index >= 15 is 0 Å². The molecule has 2 heterocycles. The summed E-state index contributed by atoms with van der Waals surface area (Å²) in [6, 6.07) is 19.8. The number of thiazole rings is 1. The van der Waals surface area contributed by atoms with Crippen LogP contribution in [0.15, 0.2) is 73.1 Å². The van der Waals surface area contributed by atoms with Crippen LogP contribution < -0.4 is 10.6 Å². The molecule has 2 aromatic carbocycles. The molecule has 4 rings (SSSR count). The van der Waals surface area contributed by atoms with Gasteiger partial charge in [-0.1, -0.05) is 65.9 Å². The van der Waals surface area contributed by atoms with E-state index in [1.165, 1.54) is 11.3 Å². The molecule has 5 nitrogen and oxygen atoms in total. The van der Waals surface area contributed by atoms with Gasteiger partial charge in [-0.25, -0.2) is 9.97 Å². The van der Waals surface area contributed by atoms with E-state index in [4.69, 9.17) is 0 Å². The molecule has 0 saturated heterocycles. The number of hydrogen-bond donors (Lipinski definition) is 2. The smallest absolute Gasteiger partial charge is 0.263 e. The molecule has 0 aliphatic carbocycles. The standard InChI is InChI=1S/C20H16N4OS/c25-19(22-12-14-6-2-1-3-7-14)17-13-23-20(26-17)24-18-16-9-5-4-8-15(16)10-11-21-18/h1-11,13H,12H2,(H,22,25)(H,21,23,24). The average Bonchev–Trinajstić information content (AvgIpc) is 3.16. The molecule has 26 heavy (non-hydrogen) atoms. The van der Waals surface area contributed by atoms with Gasteiger partial charge in [-0.15, -0.1) is 0 Å². The van der Waals surface area contributed by atoms with Gasteiger partial charge in [0.05, 0.1) is 6.20 Å². The van der Waals surface area contributed by atoms with E-state index in [2.05, 4.69) is 20.6 Å². The van der Waals surface area contributed by atoms with Crippen molar-refractivity contribution in [2.45, 2.75) is 6.54 Å². The normalized spacial score (nSPS) is 10.6. The van der Waals surface area contributed by atoms with Crippen molar-refractivity contribution in [3.63, 3.8) is 0 Å². The van der Waals surface area contributed by atoms with Crippen LogP contribution in [0, 0.1) is 0 Å². The zero-order chi connectivity index (χ0) is 17.8. The molecule has 0 atom stereocenters. The number of fused-ring (bicyclic) bond motifs is 1. The highest BCUT2D eigenvalue weighted by molar-refractivity contribution is 7.17. The Kier molecular flexibility index (Phi) is 4.57. The lowest BCUT2D eigenvalue weighted by molar-refractivity contribution is 0.0955. The minimum Gasteiger partial charge on any atom is -0.347 e. The molecule has 0 aliphatic heterocycles. The van der Waals surface area contributed by atoms with Crippen LogP contribution in [0.4, 0.5) is 10.9 Å². The maximum absolute atomic E-state index is 12.3. The number of carbonyl (C=O) groups excluding carboxylic acids is 1. The number of nitrogens with one attached hydrogen (secondary N) is 2. The van der Waals surface area contributed by atoms with E-state index in [1.54, 1.807) is 12.4 Å². The van der Waals surface area contributed by atoms with Crippen molar-refractivity contribution in [3.05, 3.63) is 83.5 Å². The molecule has 0 spiro atoms. The van der Waals surface area contributed by atoms with Crippen molar-refractivity contribution in [3.8, 4) is 0 Å². The molecule has 0 radical (unpaired) electrons. The molecule has 0 bridgehead atoms. The fourth-order valence-electron chi connectivity index (χ4n) is 2.62. The third-order valence-corrected chi connectivity index (χ3v) is 4.84. The molecular weight excluding hydrogens is 344 g/mol. The minimum atomic E-state index is -0.134. The van der Waals surface area contributed by atoms with Crippen molar-refractivity contribution in [1.82, 2.24) is 15.3 Å². The largest absolute Gasteiger partial charge is 0.347 e. The Morgan fingerprint density at radius 1 is 0.962 bits per heavy atom. The first-order chi connectivity index (χ1) is 12.8. The number of hydrogen-bond acceptors (Lipinski definition) is 5. The van der Waals surface area contributed by atoms with Gasteiger partial charge in [0.25, 0.3) is 5.91 Å². The molecule has 0 aliphatic rings. The third kappa shape index (κ3) is 3.55. The first-order valence-corrected chi connectivity index (χ1v) is 9.00. The Morgan fingerprint density at radius 2 is 1.77 bits per heavy atom. The summed E-state index contributed by atoms with van der Waals surface area (Å²) in [5, 5.41) is 8.87. The lowest BCUT2D eigenvalue weighted by Crippen LogP contribution is -2.21. The Bertz CT molecular complexity index is 1040. The Balaban J connectivity index is 1.46. The number of anilines is 2. The molecule has 1 amide bonds. The van der Waals surface area contributed by atoms with Crippen LogP contribution >= 0.6 is 11.3 Å². The van der Waals surface area contributed by atoms with Gasteiger partial charge in [-0.3, -0.25) is 4.79 Å². The van der Waals surface area contributed by atoms with Gasteiger partial charge < -0.3 is 10.6 Å². The Labute approximate surface area is 154 Å². The molecule has 0 fully saturated rings. The number of carbonyl (C=O) groups is 1. The van der Waals surface area contributed by atoms with Gasteiger partial charge in [-0.2, -0.15) is 0 Å². The topological polar surface area (TPSA) is 66.9 Å². The minimum absolute atomic E-state index is 0.134. The fourth-order valence-corrected chi connectivity index (χ4v) is 3.35. The quantitative estimate of drug-likeness (QED) is 0.555. The fraction of sp³-hybridized carbons (Fsp3) is 0.0500. The number of rotatable bonds is 5. The molecular formula is C20H16N4OS. The second kappa shape index (κ2) is 7.33. The first-order valence-electron chi connectivity index (χ1n) is 8.18. The van der Waals surface area contributed by atoms with E-state index in [0.29, 0.717) is 16.6 Å². The second-order valence-electron chi connectivity index (χ2n) is 5.70. The van der Waals surface area contributed by atoms with Crippen molar-refractivity contribution in [2.24, 2.45) is 0 Å². The van der Waals surface area contributed by atoms with Crippen LogP contribution in [0.5, 0.6) is 0 Å². The molecule has 128 valence electrons. The number of benzene rings is 2. The summed E-state index contributed by atoms with van der Waals surface area (Å²) >= 11 is 1.31. The van der Waals surface area contributed by atoms with Crippen molar-refractivity contribution < 1.29 is 4.79 Å². The monoisotopic (exact) mass is 360 g/mol. The summed E-state index contributed by atoms with van der Waals surface area (Å²) in [6.07, 6.45) is 3.34. The summed E-state index contributed by atoms with van der Waals surface area (Å²) in [7, 11) is 0. The van der Waals surface area contributed by atoms with E-state index in [9.17, 15) is 4.79 Å². The van der Waals surface area contributed by atoms with Crippen LogP contribution in [0.3, 0.4) is 0 Å². The lowest BCUT2D eigenvalue weighted by Gasteiger charge is -2.05. The third-order valence-electron chi connectivity index (χ3n) is 3.92. The molecule has 0 saturated carbocycles. The average molecular weight is 360 g/mol. The predicted octanol–water partition coefficient (Wildman–Crippen LogP) is 4.36. The van der Waals surface area contributed by atoms with E-state index < -0.39 is 0 Å². The van der Waals surface area contributed by atoms with Gasteiger partial charge in [0.2, 0.25) is 0 Å². The number of pyridine rings is 1. The molecule has 2 N–H and O–H groups in total. The highest BCUT2D eigenvalue weighted by Crippen LogP contribution is 2.26. The predicted molar refractivity (Wildman–Crippen MR) is 105 cm³/mol. The Morgan fingerprint density at radius 3 is 2.65 bits per heavy atom.